The molecule has 3 aromatic rings. The molecule has 2 amide bonds. The maximum Gasteiger partial charge on any atom is 0.270 e. The van der Waals surface area contributed by atoms with E-state index in [4.69, 9.17) is 12.2 Å². The Balaban J connectivity index is 1.72. The van der Waals surface area contributed by atoms with E-state index in [-0.39, 0.29) is 16.1 Å². The molecule has 0 radical (unpaired) electrons. The van der Waals surface area contributed by atoms with Crippen LogP contribution in [0.2, 0.25) is 0 Å². The third-order valence-corrected chi connectivity index (χ3v) is 6.76. The van der Waals surface area contributed by atoms with Crippen LogP contribution in [0.1, 0.15) is 43.3 Å². The van der Waals surface area contributed by atoms with Crippen molar-refractivity contribution in [3.8, 4) is 5.69 Å². The van der Waals surface area contributed by atoms with E-state index in [2.05, 4.69) is 70.9 Å². The fourth-order valence-corrected chi connectivity index (χ4v) is 4.62. The van der Waals surface area contributed by atoms with Gasteiger partial charge in [-0.15, -0.1) is 0 Å². The van der Waals surface area contributed by atoms with E-state index >= 15 is 0 Å². The van der Waals surface area contributed by atoms with Crippen LogP contribution in [0.4, 0.5) is 5.69 Å². The van der Waals surface area contributed by atoms with E-state index in [1.165, 1.54) is 10.5 Å². The first-order valence-corrected chi connectivity index (χ1v) is 12.1. The number of carbonyl (C=O) groups excluding carboxylic acids is 2. The molecule has 0 aliphatic carbocycles. The summed E-state index contributed by atoms with van der Waals surface area (Å²) >= 11 is 8.69. The molecule has 1 aliphatic rings. The van der Waals surface area contributed by atoms with Crippen molar-refractivity contribution in [1.82, 2.24) is 9.88 Å². The number of thiocarbonyl (C=S) groups is 1. The van der Waals surface area contributed by atoms with Gasteiger partial charge in [0.15, 0.2) is 5.11 Å². The lowest BCUT2D eigenvalue weighted by atomic mass is 9.87. The number of benzene rings is 2. The molecule has 1 saturated heterocycles. The van der Waals surface area contributed by atoms with Crippen LogP contribution in [-0.2, 0) is 15.0 Å². The number of carbonyl (C=O) groups is 2. The fourth-order valence-electron chi connectivity index (χ4n) is 4.08. The Bertz CT molecular complexity index is 1330. The molecule has 0 unspecified atom stereocenters. The molecule has 0 bridgehead atoms. The van der Waals surface area contributed by atoms with E-state index in [0.29, 0.717) is 5.69 Å². The lowest BCUT2D eigenvalue weighted by Gasteiger charge is -2.29. The van der Waals surface area contributed by atoms with Crippen molar-refractivity contribution in [2.45, 2.75) is 40.0 Å². The number of hydrogen-bond acceptors (Lipinski definition) is 3. The maximum absolute atomic E-state index is 13.3. The minimum absolute atomic E-state index is 0.0415. The van der Waals surface area contributed by atoms with Crippen molar-refractivity contribution in [3.05, 3.63) is 87.2 Å². The standard InChI is InChI=1S/C27H26BrN3O2S/c1-16-14-18(17(2)30(16)21-10-6-19(7-11-21)27(3,4)5)15-23-24(32)29-26(34)31(25(23)33)22-12-8-20(28)9-13-22/h6-15H,1-5H3,(H,29,32,34)/b23-15+. The maximum atomic E-state index is 13.3. The summed E-state index contributed by atoms with van der Waals surface area (Å²) in [6, 6.07) is 17.7. The van der Waals surface area contributed by atoms with Gasteiger partial charge >= 0.3 is 0 Å². The zero-order valence-electron chi connectivity index (χ0n) is 19.8. The topological polar surface area (TPSA) is 54.3 Å². The Hall–Kier alpha value is -3.03. The first kappa shape index (κ1) is 24.1. The van der Waals surface area contributed by atoms with E-state index in [9.17, 15) is 9.59 Å². The van der Waals surface area contributed by atoms with Crippen molar-refractivity contribution < 1.29 is 9.59 Å². The Morgan fingerprint density at radius 1 is 0.941 bits per heavy atom. The van der Waals surface area contributed by atoms with Crippen LogP contribution in [0, 0.1) is 13.8 Å². The third-order valence-electron chi connectivity index (χ3n) is 5.95. The minimum Gasteiger partial charge on any atom is -0.318 e. The summed E-state index contributed by atoms with van der Waals surface area (Å²) in [7, 11) is 0. The van der Waals surface area contributed by atoms with Gasteiger partial charge in [0.05, 0.1) is 5.69 Å². The highest BCUT2D eigenvalue weighted by atomic mass is 79.9. The zero-order chi connectivity index (χ0) is 24.8. The molecule has 0 spiro atoms. The molecule has 1 N–H and O–H groups in total. The molecule has 174 valence electrons. The van der Waals surface area contributed by atoms with Gasteiger partial charge in [0.1, 0.15) is 5.57 Å². The molecule has 2 heterocycles. The van der Waals surface area contributed by atoms with Crippen molar-refractivity contribution in [2.75, 3.05) is 4.90 Å². The van der Waals surface area contributed by atoms with Gasteiger partial charge in [0.25, 0.3) is 11.8 Å². The van der Waals surface area contributed by atoms with Crippen molar-refractivity contribution in [3.63, 3.8) is 0 Å². The van der Waals surface area contributed by atoms with Gasteiger partial charge in [0, 0.05) is 21.5 Å². The number of halogens is 1. The highest BCUT2D eigenvalue weighted by Gasteiger charge is 2.34. The molecule has 1 aromatic heterocycles. The monoisotopic (exact) mass is 535 g/mol. The Kier molecular flexibility index (Phi) is 6.36. The first-order valence-electron chi connectivity index (χ1n) is 10.9. The molecule has 1 aliphatic heterocycles. The van der Waals surface area contributed by atoms with Crippen LogP contribution in [-0.4, -0.2) is 21.5 Å². The molecular weight excluding hydrogens is 510 g/mol. The predicted molar refractivity (Wildman–Crippen MR) is 144 cm³/mol. The van der Waals surface area contributed by atoms with Gasteiger partial charge in [-0.25, -0.2) is 0 Å². The molecule has 7 heteroatoms. The van der Waals surface area contributed by atoms with Crippen LogP contribution in [0.3, 0.4) is 0 Å². The lowest BCUT2D eigenvalue weighted by molar-refractivity contribution is -0.122. The first-order chi connectivity index (χ1) is 16.0. The van der Waals surface area contributed by atoms with Gasteiger partial charge in [-0.2, -0.15) is 0 Å². The van der Waals surface area contributed by atoms with E-state index in [1.807, 2.05) is 32.0 Å². The number of amides is 2. The van der Waals surface area contributed by atoms with Crippen LogP contribution < -0.4 is 10.2 Å². The number of aromatic nitrogens is 1. The minimum atomic E-state index is -0.498. The average molecular weight is 536 g/mol. The second-order valence-electron chi connectivity index (χ2n) is 9.39. The van der Waals surface area contributed by atoms with Gasteiger partial charge in [-0.1, -0.05) is 48.8 Å². The van der Waals surface area contributed by atoms with E-state index in [1.54, 1.807) is 18.2 Å². The SMILES string of the molecule is Cc1cc(/C=C2\C(=O)NC(=S)N(c3ccc(Br)cc3)C2=O)c(C)n1-c1ccc(C(C)(C)C)cc1. The summed E-state index contributed by atoms with van der Waals surface area (Å²) in [5.41, 5.74) is 5.76. The van der Waals surface area contributed by atoms with Crippen LogP contribution in [0.25, 0.3) is 11.8 Å². The Labute approximate surface area is 213 Å². The van der Waals surface area contributed by atoms with Gasteiger partial charge < -0.3 is 4.57 Å². The summed E-state index contributed by atoms with van der Waals surface area (Å²) in [4.78, 5) is 27.4. The molecule has 34 heavy (non-hydrogen) atoms. The molecule has 0 saturated carbocycles. The average Bonchev–Trinajstić information content (AvgIpc) is 3.04. The van der Waals surface area contributed by atoms with Crippen LogP contribution >= 0.6 is 28.1 Å². The summed E-state index contributed by atoms with van der Waals surface area (Å²) in [5.74, 6) is -0.946. The number of rotatable bonds is 3. The van der Waals surface area contributed by atoms with E-state index < -0.39 is 11.8 Å². The summed E-state index contributed by atoms with van der Waals surface area (Å²) in [6.07, 6.45) is 1.65. The number of nitrogens with zero attached hydrogens (tertiary/aromatic N) is 2. The number of hydrogen-bond donors (Lipinski definition) is 1. The summed E-state index contributed by atoms with van der Waals surface area (Å²) < 4.78 is 3.01. The normalized spacial score (nSPS) is 15.8. The highest BCUT2D eigenvalue weighted by molar-refractivity contribution is 9.10. The van der Waals surface area contributed by atoms with Crippen LogP contribution in [0.5, 0.6) is 0 Å². The number of anilines is 1. The quantitative estimate of drug-likeness (QED) is 0.254. The molecule has 5 nitrogen and oxygen atoms in total. The number of nitrogens with one attached hydrogen (secondary N) is 1. The summed E-state index contributed by atoms with van der Waals surface area (Å²) in [5, 5.41) is 2.72. The molecule has 4 rings (SSSR count). The van der Waals surface area contributed by atoms with Gasteiger partial charge in [-0.05, 0) is 91.1 Å². The van der Waals surface area contributed by atoms with Crippen molar-refractivity contribution >= 4 is 56.8 Å². The second kappa shape index (κ2) is 8.96. The predicted octanol–water partition coefficient (Wildman–Crippen LogP) is 5.99. The Morgan fingerprint density at radius 2 is 1.53 bits per heavy atom. The summed E-state index contributed by atoms with van der Waals surface area (Å²) in [6.45, 7) is 10.6. The van der Waals surface area contributed by atoms with Gasteiger partial charge in [0.2, 0.25) is 0 Å². The van der Waals surface area contributed by atoms with Crippen molar-refractivity contribution in [2.24, 2.45) is 0 Å². The third kappa shape index (κ3) is 4.50. The highest BCUT2D eigenvalue weighted by Crippen LogP contribution is 2.28. The Morgan fingerprint density at radius 3 is 2.12 bits per heavy atom. The zero-order valence-corrected chi connectivity index (χ0v) is 22.2. The molecule has 1 fully saturated rings. The van der Waals surface area contributed by atoms with Crippen LogP contribution in [0.15, 0.2) is 64.6 Å². The van der Waals surface area contributed by atoms with Crippen molar-refractivity contribution in [1.29, 1.82) is 0 Å². The molecule has 2 aromatic carbocycles. The van der Waals surface area contributed by atoms with Gasteiger partial charge in [-0.3, -0.25) is 19.8 Å². The second-order valence-corrected chi connectivity index (χ2v) is 10.7. The van der Waals surface area contributed by atoms with E-state index in [0.717, 1.165) is 27.1 Å². The fraction of sp³-hybridized carbons (Fsp3) is 0.222. The smallest absolute Gasteiger partial charge is 0.270 e. The number of aryl methyl sites for hydroxylation is 1. The molecule has 0 atom stereocenters. The largest absolute Gasteiger partial charge is 0.318 e. The molecular formula is C27H26BrN3O2S. The lowest BCUT2D eigenvalue weighted by Crippen LogP contribution is -2.54.